The van der Waals surface area contributed by atoms with Crippen molar-refractivity contribution in [3.05, 3.63) is 29.8 Å². The molecular weight excluding hydrogens is 241 g/mol. The van der Waals surface area contributed by atoms with Gasteiger partial charge in [0.05, 0.1) is 13.5 Å². The summed E-state index contributed by atoms with van der Waals surface area (Å²) in [6, 6.07) is 5.30. The number of ether oxygens (including phenoxy) is 1. The molecule has 0 aliphatic rings. The lowest BCUT2D eigenvalue weighted by Crippen LogP contribution is -2.43. The summed E-state index contributed by atoms with van der Waals surface area (Å²) in [5.74, 6) is -1.34. The summed E-state index contributed by atoms with van der Waals surface area (Å²) in [4.78, 5) is 22.0. The highest BCUT2D eigenvalue weighted by molar-refractivity contribution is 5.84. The van der Waals surface area contributed by atoms with Gasteiger partial charge in [-0.3, -0.25) is 4.79 Å². The van der Waals surface area contributed by atoms with Gasteiger partial charge in [-0.25, -0.2) is 9.18 Å². The van der Waals surface area contributed by atoms with Crippen LogP contribution >= 0.6 is 0 Å². The van der Waals surface area contributed by atoms with Crippen LogP contribution in [-0.4, -0.2) is 36.8 Å². The molecule has 0 radical (unpaired) electrons. The molecule has 0 spiro atoms. The third-order valence-electron chi connectivity index (χ3n) is 2.29. The van der Waals surface area contributed by atoms with Crippen LogP contribution < -0.4 is 10.1 Å². The smallest absolute Gasteiger partial charge is 0.328 e. The molecule has 1 rings (SSSR count). The average molecular weight is 255 g/mol. The number of hydrogen-bond donors (Lipinski definition) is 2. The molecule has 1 unspecified atom stereocenters. The Morgan fingerprint density at radius 3 is 2.78 bits per heavy atom. The summed E-state index contributed by atoms with van der Waals surface area (Å²) in [7, 11) is 1.50. The molecule has 1 aromatic carbocycles. The molecule has 1 atom stereocenters. The van der Waals surface area contributed by atoms with Gasteiger partial charge in [0.15, 0.2) is 6.04 Å². The summed E-state index contributed by atoms with van der Waals surface area (Å²) >= 11 is 0. The number of aliphatic carboxylic acids is 1. The summed E-state index contributed by atoms with van der Waals surface area (Å²) in [5.41, 5.74) is 0.662. The number of carbonyl (C=O) groups excluding carboxylic acids is 1. The van der Waals surface area contributed by atoms with Crippen molar-refractivity contribution < 1.29 is 23.8 Å². The molecule has 0 aliphatic carbocycles. The zero-order valence-corrected chi connectivity index (χ0v) is 9.85. The van der Waals surface area contributed by atoms with Crippen molar-refractivity contribution in [1.82, 2.24) is 5.32 Å². The largest absolute Gasteiger partial charge is 0.497 e. The zero-order chi connectivity index (χ0) is 13.5. The van der Waals surface area contributed by atoms with Gasteiger partial charge in [-0.15, -0.1) is 0 Å². The minimum Gasteiger partial charge on any atom is -0.497 e. The molecule has 0 saturated carbocycles. The van der Waals surface area contributed by atoms with E-state index in [2.05, 4.69) is 5.32 Å². The molecule has 18 heavy (non-hydrogen) atoms. The SMILES string of the molecule is COc1cccc(CC(=O)NC(CF)C(=O)O)c1. The lowest BCUT2D eigenvalue weighted by molar-refractivity contribution is -0.142. The van der Waals surface area contributed by atoms with E-state index in [1.54, 1.807) is 24.3 Å². The minimum atomic E-state index is -1.50. The number of carbonyl (C=O) groups is 2. The number of carboxylic acids is 1. The normalized spacial score (nSPS) is 11.7. The molecule has 98 valence electrons. The lowest BCUT2D eigenvalue weighted by Gasteiger charge is -2.11. The second-order valence-electron chi connectivity index (χ2n) is 3.64. The molecule has 5 nitrogen and oxygen atoms in total. The van der Waals surface area contributed by atoms with Crippen LogP contribution in [0.25, 0.3) is 0 Å². The standard InChI is InChI=1S/C12H14FNO4/c1-18-9-4-2-3-8(5-9)6-11(15)14-10(7-13)12(16)17/h2-5,10H,6-7H2,1H3,(H,14,15)(H,16,17). The Morgan fingerprint density at radius 1 is 1.50 bits per heavy atom. The highest BCUT2D eigenvalue weighted by Crippen LogP contribution is 2.12. The van der Waals surface area contributed by atoms with E-state index < -0.39 is 24.6 Å². The Balaban J connectivity index is 2.61. The molecule has 0 aliphatic heterocycles. The molecule has 0 bridgehead atoms. The van der Waals surface area contributed by atoms with Crippen LogP contribution in [0, 0.1) is 0 Å². The first-order chi connectivity index (χ1) is 8.56. The third kappa shape index (κ3) is 4.04. The Morgan fingerprint density at radius 2 is 2.22 bits per heavy atom. The predicted molar refractivity (Wildman–Crippen MR) is 62.2 cm³/mol. The molecule has 1 amide bonds. The third-order valence-corrected chi connectivity index (χ3v) is 2.29. The number of alkyl halides is 1. The van der Waals surface area contributed by atoms with Gasteiger partial charge in [-0.2, -0.15) is 0 Å². The van der Waals surface area contributed by atoms with Gasteiger partial charge >= 0.3 is 5.97 Å². The van der Waals surface area contributed by atoms with E-state index in [1.165, 1.54) is 7.11 Å². The van der Waals surface area contributed by atoms with Crippen molar-refractivity contribution in [1.29, 1.82) is 0 Å². The van der Waals surface area contributed by atoms with Crippen LogP contribution in [0.4, 0.5) is 4.39 Å². The maximum absolute atomic E-state index is 12.3. The van der Waals surface area contributed by atoms with E-state index in [-0.39, 0.29) is 6.42 Å². The number of hydrogen-bond acceptors (Lipinski definition) is 3. The predicted octanol–water partition coefficient (Wildman–Crippen LogP) is 0.777. The number of benzene rings is 1. The fraction of sp³-hybridized carbons (Fsp3) is 0.333. The lowest BCUT2D eigenvalue weighted by atomic mass is 10.1. The molecular formula is C12H14FNO4. The molecule has 0 fully saturated rings. The van der Waals surface area contributed by atoms with Gasteiger partial charge in [-0.05, 0) is 17.7 Å². The van der Waals surface area contributed by atoms with Crippen molar-refractivity contribution >= 4 is 11.9 Å². The Hall–Kier alpha value is -2.11. The fourth-order valence-electron chi connectivity index (χ4n) is 1.38. The van der Waals surface area contributed by atoms with E-state index in [0.717, 1.165) is 0 Å². The maximum Gasteiger partial charge on any atom is 0.328 e. The number of carboxylic acid groups (broad SMARTS) is 1. The molecule has 0 saturated heterocycles. The van der Waals surface area contributed by atoms with Crippen LogP contribution in [0.1, 0.15) is 5.56 Å². The monoisotopic (exact) mass is 255 g/mol. The van der Waals surface area contributed by atoms with Gasteiger partial charge in [0.2, 0.25) is 5.91 Å². The highest BCUT2D eigenvalue weighted by Gasteiger charge is 2.19. The van der Waals surface area contributed by atoms with Crippen molar-refractivity contribution in [3.8, 4) is 5.75 Å². The minimum absolute atomic E-state index is 0.0268. The van der Waals surface area contributed by atoms with Crippen molar-refractivity contribution in [3.63, 3.8) is 0 Å². The second kappa shape index (κ2) is 6.58. The van der Waals surface area contributed by atoms with Crippen molar-refractivity contribution in [2.24, 2.45) is 0 Å². The van der Waals surface area contributed by atoms with Gasteiger partial charge in [-0.1, -0.05) is 12.1 Å². The Kier molecular flexibility index (Phi) is 5.10. The summed E-state index contributed by atoms with van der Waals surface area (Å²) in [6.45, 7) is -1.14. The van der Waals surface area contributed by atoms with Crippen molar-refractivity contribution in [2.45, 2.75) is 12.5 Å². The Labute approximate surface area is 104 Å². The van der Waals surface area contributed by atoms with Crippen LogP contribution in [0.3, 0.4) is 0 Å². The average Bonchev–Trinajstić information content (AvgIpc) is 2.35. The number of methoxy groups -OCH3 is 1. The molecule has 0 aromatic heterocycles. The van der Waals surface area contributed by atoms with Crippen LogP contribution in [0.2, 0.25) is 0 Å². The summed E-state index contributed by atoms with van der Waals surface area (Å²) in [5, 5.41) is 10.7. The van der Waals surface area contributed by atoms with Crippen LogP contribution in [0.5, 0.6) is 5.75 Å². The molecule has 6 heteroatoms. The molecule has 2 N–H and O–H groups in total. The Bertz CT molecular complexity index is 436. The van der Waals surface area contributed by atoms with E-state index in [4.69, 9.17) is 9.84 Å². The first-order valence-electron chi connectivity index (χ1n) is 5.28. The zero-order valence-electron chi connectivity index (χ0n) is 9.85. The highest BCUT2D eigenvalue weighted by atomic mass is 19.1. The number of halogens is 1. The number of amides is 1. The van der Waals surface area contributed by atoms with E-state index in [1.807, 2.05) is 0 Å². The number of nitrogens with one attached hydrogen (secondary N) is 1. The quantitative estimate of drug-likeness (QED) is 0.787. The maximum atomic E-state index is 12.3. The molecule has 1 aromatic rings. The molecule has 0 heterocycles. The van der Waals surface area contributed by atoms with E-state index in [0.29, 0.717) is 11.3 Å². The van der Waals surface area contributed by atoms with Gasteiger partial charge in [0.1, 0.15) is 12.4 Å². The van der Waals surface area contributed by atoms with Crippen LogP contribution in [-0.2, 0) is 16.0 Å². The van der Waals surface area contributed by atoms with Gasteiger partial charge < -0.3 is 15.2 Å². The topological polar surface area (TPSA) is 75.6 Å². The van der Waals surface area contributed by atoms with E-state index >= 15 is 0 Å². The first-order valence-corrected chi connectivity index (χ1v) is 5.28. The summed E-state index contributed by atoms with van der Waals surface area (Å²) < 4.78 is 17.3. The fourth-order valence-corrected chi connectivity index (χ4v) is 1.38. The van der Waals surface area contributed by atoms with Crippen molar-refractivity contribution in [2.75, 3.05) is 13.8 Å². The number of rotatable bonds is 6. The second-order valence-corrected chi connectivity index (χ2v) is 3.64. The van der Waals surface area contributed by atoms with Gasteiger partial charge in [0, 0.05) is 0 Å². The van der Waals surface area contributed by atoms with E-state index in [9.17, 15) is 14.0 Å². The van der Waals surface area contributed by atoms with Crippen LogP contribution in [0.15, 0.2) is 24.3 Å². The van der Waals surface area contributed by atoms with Gasteiger partial charge in [0.25, 0.3) is 0 Å². The first kappa shape index (κ1) is 14.0. The summed E-state index contributed by atoms with van der Waals surface area (Å²) in [6.07, 6.45) is -0.0268.